The van der Waals surface area contributed by atoms with E-state index in [1.807, 2.05) is 38.1 Å². The average Bonchev–Trinajstić information content (AvgIpc) is 2.96. The number of hydrogen-bond acceptors (Lipinski definition) is 5. The highest BCUT2D eigenvalue weighted by atomic mass is 16.5. The van der Waals surface area contributed by atoms with Gasteiger partial charge in [0.05, 0.1) is 32.1 Å². The largest absolute Gasteiger partial charge is 0.494 e. The first-order chi connectivity index (χ1) is 11.1. The summed E-state index contributed by atoms with van der Waals surface area (Å²) in [4.78, 5) is 14.5. The standard InChI is InChI=1S/C16H20N4O3/c1-11-10-23-9-8-19(11)16(21)15-12(2)20(18-17-15)13-6-4-5-7-14(13)22-3/h4-7,11H,8-10H2,1-3H3/t11-/m1/s1. The summed E-state index contributed by atoms with van der Waals surface area (Å²) in [7, 11) is 1.60. The van der Waals surface area contributed by atoms with Gasteiger partial charge in [0.25, 0.3) is 5.91 Å². The Bertz CT molecular complexity index is 713. The van der Waals surface area contributed by atoms with Crippen molar-refractivity contribution in [1.82, 2.24) is 19.9 Å². The first kappa shape index (κ1) is 15.5. The van der Waals surface area contributed by atoms with E-state index in [2.05, 4.69) is 10.3 Å². The van der Waals surface area contributed by atoms with Crippen LogP contribution in [-0.4, -0.2) is 58.7 Å². The molecule has 0 N–H and O–H groups in total. The van der Waals surface area contributed by atoms with E-state index in [1.165, 1.54) is 0 Å². The van der Waals surface area contributed by atoms with Crippen LogP contribution in [0.15, 0.2) is 24.3 Å². The third-order valence-electron chi connectivity index (χ3n) is 4.04. The SMILES string of the molecule is COc1ccccc1-n1nnc(C(=O)N2CCOC[C@H]2C)c1C. The Kier molecular flexibility index (Phi) is 4.29. The van der Waals surface area contributed by atoms with Gasteiger partial charge >= 0.3 is 0 Å². The number of amides is 1. The Balaban J connectivity index is 1.94. The van der Waals surface area contributed by atoms with E-state index in [0.717, 1.165) is 5.69 Å². The van der Waals surface area contributed by atoms with Crippen LogP contribution in [0.5, 0.6) is 5.75 Å². The number of carbonyl (C=O) groups is 1. The second-order valence-electron chi connectivity index (χ2n) is 5.53. The molecule has 2 heterocycles. The van der Waals surface area contributed by atoms with Gasteiger partial charge < -0.3 is 14.4 Å². The van der Waals surface area contributed by atoms with Crippen molar-refractivity contribution >= 4 is 5.91 Å². The molecule has 1 amide bonds. The Morgan fingerprint density at radius 2 is 2.17 bits per heavy atom. The molecule has 1 aromatic carbocycles. The van der Waals surface area contributed by atoms with Gasteiger partial charge in [-0.2, -0.15) is 0 Å². The third kappa shape index (κ3) is 2.79. The van der Waals surface area contributed by atoms with Crippen molar-refractivity contribution in [2.24, 2.45) is 0 Å². The van der Waals surface area contributed by atoms with Crippen molar-refractivity contribution in [2.75, 3.05) is 26.9 Å². The maximum absolute atomic E-state index is 12.8. The first-order valence-electron chi connectivity index (χ1n) is 7.58. The second kappa shape index (κ2) is 6.37. The molecule has 1 fully saturated rings. The van der Waals surface area contributed by atoms with Crippen LogP contribution >= 0.6 is 0 Å². The monoisotopic (exact) mass is 316 g/mol. The van der Waals surface area contributed by atoms with Crippen LogP contribution in [0.2, 0.25) is 0 Å². The summed E-state index contributed by atoms with van der Waals surface area (Å²) in [5.74, 6) is 0.568. The van der Waals surface area contributed by atoms with Crippen molar-refractivity contribution in [2.45, 2.75) is 19.9 Å². The summed E-state index contributed by atoms with van der Waals surface area (Å²) in [6, 6.07) is 7.54. The lowest BCUT2D eigenvalue weighted by Gasteiger charge is -2.32. The van der Waals surface area contributed by atoms with E-state index in [0.29, 0.717) is 36.9 Å². The minimum absolute atomic E-state index is 0.0343. The molecule has 1 atom stereocenters. The van der Waals surface area contributed by atoms with Crippen LogP contribution in [0.4, 0.5) is 0 Å². The topological polar surface area (TPSA) is 69.5 Å². The molecule has 1 aromatic heterocycles. The van der Waals surface area contributed by atoms with Crippen molar-refractivity contribution in [3.63, 3.8) is 0 Å². The molecule has 23 heavy (non-hydrogen) atoms. The minimum atomic E-state index is -0.112. The highest BCUT2D eigenvalue weighted by Crippen LogP contribution is 2.24. The summed E-state index contributed by atoms with van der Waals surface area (Å²) in [5.41, 5.74) is 1.82. The summed E-state index contributed by atoms with van der Waals surface area (Å²) in [6.07, 6.45) is 0. The second-order valence-corrected chi connectivity index (χ2v) is 5.53. The molecule has 0 bridgehead atoms. The van der Waals surface area contributed by atoms with Crippen LogP contribution in [0.3, 0.4) is 0 Å². The molecule has 122 valence electrons. The van der Waals surface area contributed by atoms with Crippen molar-refractivity contribution in [3.8, 4) is 11.4 Å². The van der Waals surface area contributed by atoms with Crippen molar-refractivity contribution in [3.05, 3.63) is 35.7 Å². The van der Waals surface area contributed by atoms with Gasteiger partial charge in [-0.3, -0.25) is 4.79 Å². The number of methoxy groups -OCH3 is 1. The maximum Gasteiger partial charge on any atom is 0.276 e. The summed E-state index contributed by atoms with van der Waals surface area (Å²) in [5, 5.41) is 8.25. The molecule has 2 aromatic rings. The molecule has 0 aliphatic carbocycles. The first-order valence-corrected chi connectivity index (χ1v) is 7.58. The predicted octanol–water partition coefficient (Wildman–Crippen LogP) is 1.45. The molecular weight excluding hydrogens is 296 g/mol. The Morgan fingerprint density at radius 1 is 1.39 bits per heavy atom. The number of ether oxygens (including phenoxy) is 2. The zero-order valence-electron chi connectivity index (χ0n) is 13.5. The van der Waals surface area contributed by atoms with Gasteiger partial charge in [-0.1, -0.05) is 17.3 Å². The van der Waals surface area contributed by atoms with E-state index >= 15 is 0 Å². The van der Waals surface area contributed by atoms with E-state index in [4.69, 9.17) is 9.47 Å². The normalized spacial score (nSPS) is 18.0. The smallest absolute Gasteiger partial charge is 0.276 e. The highest BCUT2D eigenvalue weighted by Gasteiger charge is 2.29. The molecule has 1 aliphatic rings. The fraction of sp³-hybridized carbons (Fsp3) is 0.438. The third-order valence-corrected chi connectivity index (χ3v) is 4.04. The minimum Gasteiger partial charge on any atom is -0.494 e. The zero-order valence-corrected chi connectivity index (χ0v) is 13.5. The molecule has 0 radical (unpaired) electrons. The Labute approximate surface area is 134 Å². The zero-order chi connectivity index (χ0) is 16.4. The van der Waals surface area contributed by atoms with E-state index in [-0.39, 0.29) is 11.9 Å². The number of aromatic nitrogens is 3. The van der Waals surface area contributed by atoms with Gasteiger partial charge in [-0.05, 0) is 26.0 Å². The van der Waals surface area contributed by atoms with Gasteiger partial charge in [-0.15, -0.1) is 5.10 Å². The summed E-state index contributed by atoms with van der Waals surface area (Å²) >= 11 is 0. The molecule has 3 rings (SSSR count). The van der Waals surface area contributed by atoms with Gasteiger partial charge in [0, 0.05) is 6.54 Å². The Morgan fingerprint density at radius 3 is 2.91 bits per heavy atom. The van der Waals surface area contributed by atoms with E-state index in [9.17, 15) is 4.79 Å². The number of hydrogen-bond donors (Lipinski definition) is 0. The van der Waals surface area contributed by atoms with Gasteiger partial charge in [-0.25, -0.2) is 4.68 Å². The molecular formula is C16H20N4O3. The molecule has 7 nitrogen and oxygen atoms in total. The van der Waals surface area contributed by atoms with Crippen LogP contribution in [-0.2, 0) is 4.74 Å². The van der Waals surface area contributed by atoms with E-state index in [1.54, 1.807) is 16.7 Å². The van der Waals surface area contributed by atoms with Crippen LogP contribution in [0.1, 0.15) is 23.1 Å². The van der Waals surface area contributed by atoms with Crippen LogP contribution in [0.25, 0.3) is 5.69 Å². The van der Waals surface area contributed by atoms with Crippen molar-refractivity contribution < 1.29 is 14.3 Å². The molecule has 1 aliphatic heterocycles. The lowest BCUT2D eigenvalue weighted by molar-refractivity contribution is 0.00322. The number of morpholine rings is 1. The number of nitrogens with zero attached hydrogens (tertiary/aromatic N) is 4. The fourth-order valence-corrected chi connectivity index (χ4v) is 2.73. The quantitative estimate of drug-likeness (QED) is 0.857. The number of para-hydroxylation sites is 2. The van der Waals surface area contributed by atoms with E-state index < -0.39 is 0 Å². The number of benzene rings is 1. The fourth-order valence-electron chi connectivity index (χ4n) is 2.73. The van der Waals surface area contributed by atoms with Gasteiger partial charge in [0.15, 0.2) is 5.69 Å². The molecule has 7 heteroatoms. The number of carbonyl (C=O) groups excluding carboxylic acids is 1. The maximum atomic E-state index is 12.8. The lowest BCUT2D eigenvalue weighted by Crippen LogP contribution is -2.47. The van der Waals surface area contributed by atoms with Gasteiger partial charge in [0.1, 0.15) is 11.4 Å². The van der Waals surface area contributed by atoms with Crippen LogP contribution < -0.4 is 4.74 Å². The Hall–Kier alpha value is -2.41. The molecule has 1 saturated heterocycles. The highest BCUT2D eigenvalue weighted by molar-refractivity contribution is 5.93. The molecule has 0 spiro atoms. The van der Waals surface area contributed by atoms with Crippen LogP contribution in [0, 0.1) is 6.92 Å². The molecule has 0 saturated carbocycles. The molecule has 0 unspecified atom stereocenters. The number of rotatable bonds is 3. The average molecular weight is 316 g/mol. The lowest BCUT2D eigenvalue weighted by atomic mass is 10.2. The predicted molar refractivity (Wildman–Crippen MR) is 84.0 cm³/mol. The van der Waals surface area contributed by atoms with Gasteiger partial charge in [0.2, 0.25) is 0 Å². The van der Waals surface area contributed by atoms with Crippen molar-refractivity contribution in [1.29, 1.82) is 0 Å². The summed E-state index contributed by atoms with van der Waals surface area (Å²) < 4.78 is 12.4. The summed E-state index contributed by atoms with van der Waals surface area (Å²) in [6.45, 7) is 5.48.